The van der Waals surface area contributed by atoms with Crippen molar-refractivity contribution in [2.24, 2.45) is 0 Å². The van der Waals surface area contributed by atoms with Gasteiger partial charge in [-0.05, 0) is 49.6 Å². The molecule has 2 amide bonds. The number of anilines is 3. The molecule has 41 heavy (non-hydrogen) atoms. The van der Waals surface area contributed by atoms with E-state index in [1.807, 2.05) is 4.90 Å². The van der Waals surface area contributed by atoms with Crippen molar-refractivity contribution in [1.82, 2.24) is 24.7 Å². The fourth-order valence-electron chi connectivity index (χ4n) is 5.45. The van der Waals surface area contributed by atoms with Crippen molar-refractivity contribution in [2.75, 3.05) is 29.0 Å². The number of nitrogens with one attached hydrogen (secondary N) is 2. The van der Waals surface area contributed by atoms with Crippen molar-refractivity contribution in [3.63, 3.8) is 0 Å². The number of fused-ring (bicyclic) bond motifs is 1. The maximum atomic E-state index is 15.5. The number of alkyl halides is 3. The number of carbonyl (C=O) groups is 2. The molecule has 3 aromatic heterocycles. The van der Waals surface area contributed by atoms with E-state index in [4.69, 9.17) is 10.7 Å². The lowest BCUT2D eigenvalue weighted by Crippen LogP contribution is -2.51. The number of halogens is 4. The number of nitrogens with two attached hydrogens (primary N) is 1. The van der Waals surface area contributed by atoms with E-state index < -0.39 is 23.5 Å². The van der Waals surface area contributed by atoms with Crippen LogP contribution >= 0.6 is 0 Å². The van der Waals surface area contributed by atoms with Gasteiger partial charge >= 0.3 is 6.18 Å². The van der Waals surface area contributed by atoms with Gasteiger partial charge in [0.1, 0.15) is 28.7 Å². The number of nitrogens with zero attached hydrogens (tertiary/aromatic N) is 5. The van der Waals surface area contributed by atoms with E-state index in [9.17, 15) is 22.8 Å². The van der Waals surface area contributed by atoms with Gasteiger partial charge in [0.25, 0.3) is 5.91 Å². The van der Waals surface area contributed by atoms with E-state index in [1.165, 1.54) is 18.3 Å². The molecule has 6 rings (SSSR count). The maximum Gasteiger partial charge on any atom is 0.416 e. The van der Waals surface area contributed by atoms with Crippen LogP contribution in [-0.4, -0.2) is 49.8 Å². The number of benzene rings is 1. The number of aromatic nitrogens is 4. The zero-order valence-corrected chi connectivity index (χ0v) is 21.5. The molecule has 2 saturated heterocycles. The van der Waals surface area contributed by atoms with Crippen molar-refractivity contribution < 1.29 is 27.2 Å². The van der Waals surface area contributed by atoms with E-state index >= 15 is 4.39 Å². The number of hydrogen-bond donors (Lipinski definition) is 3. The molecule has 2 aliphatic rings. The fraction of sp³-hybridized carbons (Fsp3) is 0.296. The van der Waals surface area contributed by atoms with Gasteiger partial charge < -0.3 is 21.3 Å². The predicted molar refractivity (Wildman–Crippen MR) is 142 cm³/mol. The van der Waals surface area contributed by atoms with Crippen molar-refractivity contribution in [3.8, 4) is 11.3 Å². The third-order valence-electron chi connectivity index (χ3n) is 7.62. The summed E-state index contributed by atoms with van der Waals surface area (Å²) in [6.07, 6.45) is 2.30. The molecule has 0 radical (unpaired) electrons. The summed E-state index contributed by atoms with van der Waals surface area (Å²) < 4.78 is 56.2. The zero-order chi connectivity index (χ0) is 28.9. The average Bonchev–Trinajstić information content (AvgIpc) is 3.50. The first-order valence-corrected chi connectivity index (χ1v) is 12.9. The second-order valence-corrected chi connectivity index (χ2v) is 10.2. The second-order valence-electron chi connectivity index (χ2n) is 10.2. The quantitative estimate of drug-likeness (QED) is 0.317. The number of amides is 2. The normalized spacial score (nSPS) is 16.8. The van der Waals surface area contributed by atoms with Gasteiger partial charge in [0, 0.05) is 54.8 Å². The molecule has 0 unspecified atom stereocenters. The molecule has 4 N–H and O–H groups in total. The Morgan fingerprint density at radius 1 is 1.07 bits per heavy atom. The third kappa shape index (κ3) is 4.89. The molecule has 2 fully saturated rings. The lowest BCUT2D eigenvalue weighted by molar-refractivity contribution is -0.137. The summed E-state index contributed by atoms with van der Waals surface area (Å²) in [6, 6.07) is 5.15. The molecule has 2 aliphatic heterocycles. The van der Waals surface area contributed by atoms with Gasteiger partial charge in [0.05, 0.1) is 5.56 Å². The van der Waals surface area contributed by atoms with Crippen LogP contribution in [0.15, 0.2) is 48.9 Å². The van der Waals surface area contributed by atoms with Crippen LogP contribution in [0.3, 0.4) is 0 Å². The summed E-state index contributed by atoms with van der Waals surface area (Å²) in [6.45, 7) is 1.23. The van der Waals surface area contributed by atoms with Crippen LogP contribution in [-0.2, 0) is 11.0 Å². The van der Waals surface area contributed by atoms with Crippen molar-refractivity contribution in [3.05, 3.63) is 65.9 Å². The minimum Gasteiger partial charge on any atom is -0.382 e. The van der Waals surface area contributed by atoms with Crippen LogP contribution in [0.25, 0.3) is 16.8 Å². The van der Waals surface area contributed by atoms with Crippen LogP contribution in [0.2, 0.25) is 0 Å². The zero-order valence-electron chi connectivity index (χ0n) is 21.5. The highest BCUT2D eigenvalue weighted by molar-refractivity contribution is 6.04. The number of nitrogen functional groups attached to an aromatic ring is 1. The number of carbonyl (C=O) groups excluding carboxylic acids is 2. The highest BCUT2D eigenvalue weighted by Gasteiger charge is 2.41. The Morgan fingerprint density at radius 2 is 1.85 bits per heavy atom. The largest absolute Gasteiger partial charge is 0.416 e. The molecule has 0 bridgehead atoms. The van der Waals surface area contributed by atoms with Crippen molar-refractivity contribution >= 4 is 34.9 Å². The number of rotatable bonds is 4. The smallest absolute Gasteiger partial charge is 0.382 e. The number of imidazole rings is 1. The Bertz CT molecular complexity index is 1680. The molecular formula is C27H24F4N8O2. The molecule has 1 aromatic carbocycles. The van der Waals surface area contributed by atoms with Crippen LogP contribution in [0, 0.1) is 5.82 Å². The molecule has 14 heteroatoms. The monoisotopic (exact) mass is 568 g/mol. The summed E-state index contributed by atoms with van der Waals surface area (Å²) in [5, 5.41) is 5.37. The van der Waals surface area contributed by atoms with E-state index in [0.29, 0.717) is 37.0 Å². The molecule has 0 atom stereocenters. The highest BCUT2D eigenvalue weighted by atomic mass is 19.4. The topological polar surface area (TPSA) is 131 Å². The molecule has 0 saturated carbocycles. The summed E-state index contributed by atoms with van der Waals surface area (Å²) in [7, 11) is 0. The van der Waals surface area contributed by atoms with E-state index in [0.717, 1.165) is 37.6 Å². The summed E-state index contributed by atoms with van der Waals surface area (Å²) >= 11 is 0. The first-order valence-electron chi connectivity index (χ1n) is 12.9. The summed E-state index contributed by atoms with van der Waals surface area (Å²) in [5.41, 5.74) is 5.56. The van der Waals surface area contributed by atoms with Gasteiger partial charge in [0.2, 0.25) is 11.9 Å². The number of hydrogen-bond acceptors (Lipinski definition) is 7. The van der Waals surface area contributed by atoms with Crippen LogP contribution < -0.4 is 21.3 Å². The van der Waals surface area contributed by atoms with Crippen LogP contribution in [0.4, 0.5) is 35.1 Å². The van der Waals surface area contributed by atoms with Crippen LogP contribution in [0.5, 0.6) is 0 Å². The molecule has 212 valence electrons. The lowest BCUT2D eigenvalue weighted by atomic mass is 9.86. The van der Waals surface area contributed by atoms with Gasteiger partial charge in [-0.2, -0.15) is 13.2 Å². The van der Waals surface area contributed by atoms with E-state index in [1.54, 1.807) is 10.6 Å². The lowest BCUT2D eigenvalue weighted by Gasteiger charge is -2.39. The van der Waals surface area contributed by atoms with Gasteiger partial charge in [-0.15, -0.1) is 0 Å². The first-order chi connectivity index (χ1) is 19.5. The maximum absolute atomic E-state index is 15.5. The molecule has 5 heterocycles. The standard InChI is InChI=1S/C27H24F4N8O2/c28-18-13-15(24(41)35-19-14-16(4-8-33-19)27(29,30)31)1-2-17(18)21-22-23(32)34-9-12-39(22)25(36-21)38-10-6-26(7-11-38)5-3-20(40)37-26/h1-2,4,8-9,12-14H,3,5-7,10-11H2,(H2,32,34)(H,37,40)(H,33,35,41). The fourth-order valence-corrected chi connectivity index (χ4v) is 5.45. The molecule has 4 aromatic rings. The van der Waals surface area contributed by atoms with Gasteiger partial charge in [-0.1, -0.05) is 0 Å². The molecule has 0 aliphatic carbocycles. The van der Waals surface area contributed by atoms with Crippen molar-refractivity contribution in [1.29, 1.82) is 0 Å². The molecule has 10 nitrogen and oxygen atoms in total. The molecule has 1 spiro atoms. The Hall–Kier alpha value is -4.75. The Labute approximate surface area is 230 Å². The Kier molecular flexibility index (Phi) is 6.27. The van der Waals surface area contributed by atoms with Crippen molar-refractivity contribution in [2.45, 2.75) is 37.4 Å². The third-order valence-corrected chi connectivity index (χ3v) is 7.62. The number of pyridine rings is 1. The minimum absolute atomic E-state index is 0.0598. The SMILES string of the molecule is Nc1nccn2c(N3CCC4(CCC(=O)N4)CC3)nc(-c3ccc(C(=O)Nc4cc(C(F)(F)F)ccn4)cc3F)c12. The Morgan fingerprint density at radius 3 is 2.54 bits per heavy atom. The second kappa shape index (κ2) is 9.71. The predicted octanol–water partition coefficient (Wildman–Crippen LogP) is 4.03. The first kappa shape index (κ1) is 26.5. The highest BCUT2D eigenvalue weighted by Crippen LogP contribution is 2.37. The summed E-state index contributed by atoms with van der Waals surface area (Å²) in [5.74, 6) is -1.20. The van der Waals surface area contributed by atoms with Gasteiger partial charge in [-0.25, -0.2) is 19.3 Å². The van der Waals surface area contributed by atoms with Crippen LogP contribution in [0.1, 0.15) is 41.6 Å². The summed E-state index contributed by atoms with van der Waals surface area (Å²) in [4.78, 5) is 39.2. The average molecular weight is 569 g/mol. The Balaban J connectivity index is 1.28. The van der Waals surface area contributed by atoms with Gasteiger partial charge in [0.15, 0.2) is 0 Å². The van der Waals surface area contributed by atoms with Gasteiger partial charge in [-0.3, -0.25) is 14.0 Å². The molecular weight excluding hydrogens is 544 g/mol. The van der Waals surface area contributed by atoms with E-state index in [2.05, 4.69) is 20.6 Å². The number of piperidine rings is 1. The van der Waals surface area contributed by atoms with E-state index in [-0.39, 0.29) is 39.9 Å². The minimum atomic E-state index is -4.61.